The van der Waals surface area contributed by atoms with Crippen molar-refractivity contribution >= 4 is 11.9 Å². The minimum absolute atomic E-state index is 0.269. The maximum Gasteiger partial charge on any atom is 0.328 e. The number of rotatable bonds is 3. The van der Waals surface area contributed by atoms with E-state index >= 15 is 0 Å². The molecule has 0 saturated carbocycles. The first kappa shape index (κ1) is 15.2. The topological polar surface area (TPSA) is 55.4 Å². The van der Waals surface area contributed by atoms with Crippen LogP contribution in [0.4, 0.5) is 0 Å². The fourth-order valence-electron chi connectivity index (χ4n) is 1.75. The molecule has 4 heteroatoms. The van der Waals surface area contributed by atoms with E-state index in [0.717, 1.165) is 5.56 Å². The predicted octanol–water partition coefficient (Wildman–Crippen LogP) is 2.31. The van der Waals surface area contributed by atoms with Crippen LogP contribution >= 0.6 is 0 Å². The van der Waals surface area contributed by atoms with E-state index in [1.165, 1.54) is 7.11 Å². The van der Waals surface area contributed by atoms with Crippen LogP contribution in [0.5, 0.6) is 0 Å². The van der Waals surface area contributed by atoms with Crippen molar-refractivity contribution in [3.05, 3.63) is 35.4 Å². The largest absolute Gasteiger partial charge is 0.467 e. The number of hydrogen-bond donors (Lipinski definition) is 1. The molecular formula is C15H21NO3. The molecule has 0 bridgehead atoms. The smallest absolute Gasteiger partial charge is 0.328 e. The number of ether oxygens (including phenoxy) is 1. The van der Waals surface area contributed by atoms with Crippen molar-refractivity contribution in [2.45, 2.75) is 33.7 Å². The van der Waals surface area contributed by atoms with Crippen LogP contribution in [0.3, 0.4) is 0 Å². The zero-order valence-corrected chi connectivity index (χ0v) is 12.1. The van der Waals surface area contributed by atoms with Gasteiger partial charge < -0.3 is 10.1 Å². The summed E-state index contributed by atoms with van der Waals surface area (Å²) >= 11 is 0. The number of carbonyl (C=O) groups is 2. The van der Waals surface area contributed by atoms with Gasteiger partial charge in [0.25, 0.3) is 5.91 Å². The van der Waals surface area contributed by atoms with E-state index in [-0.39, 0.29) is 5.91 Å². The Labute approximate surface area is 114 Å². The second-order valence-electron chi connectivity index (χ2n) is 5.67. The minimum Gasteiger partial charge on any atom is -0.467 e. The molecule has 0 aliphatic heterocycles. The Kier molecular flexibility index (Phi) is 4.70. The third kappa shape index (κ3) is 4.09. The highest BCUT2D eigenvalue weighted by Crippen LogP contribution is 2.20. The van der Waals surface area contributed by atoms with Crippen LogP contribution in [0.2, 0.25) is 0 Å². The molecule has 1 rings (SSSR count). The summed E-state index contributed by atoms with van der Waals surface area (Å²) < 4.78 is 4.75. The third-order valence-electron chi connectivity index (χ3n) is 2.86. The van der Waals surface area contributed by atoms with Crippen molar-refractivity contribution in [3.8, 4) is 0 Å². The Bertz CT molecular complexity index is 475. The van der Waals surface area contributed by atoms with Crippen LogP contribution in [0.25, 0.3) is 0 Å². The van der Waals surface area contributed by atoms with Gasteiger partial charge in [0.05, 0.1) is 7.11 Å². The summed E-state index contributed by atoms with van der Waals surface area (Å²) in [6.45, 7) is 7.56. The van der Waals surface area contributed by atoms with Crippen molar-refractivity contribution in [1.82, 2.24) is 5.32 Å². The van der Waals surface area contributed by atoms with Gasteiger partial charge in [0.15, 0.2) is 0 Å². The molecule has 19 heavy (non-hydrogen) atoms. The van der Waals surface area contributed by atoms with Crippen LogP contribution in [0.15, 0.2) is 24.3 Å². The van der Waals surface area contributed by atoms with Crippen molar-refractivity contribution in [3.63, 3.8) is 0 Å². The monoisotopic (exact) mass is 263 g/mol. The van der Waals surface area contributed by atoms with Crippen LogP contribution in [0.1, 0.15) is 36.7 Å². The van der Waals surface area contributed by atoms with Crippen molar-refractivity contribution in [2.24, 2.45) is 5.41 Å². The standard InChI is InChI=1S/C15H21NO3/c1-10-7-6-8-11(9-10)13(17)16-12(14(18)19-5)15(2,3)4/h6-9,12H,1-5H3,(H,16,17)/t12-/m1/s1. The van der Waals surface area contributed by atoms with E-state index in [1.54, 1.807) is 12.1 Å². The summed E-state index contributed by atoms with van der Waals surface area (Å²) in [7, 11) is 1.32. The molecule has 0 unspecified atom stereocenters. The number of hydrogen-bond acceptors (Lipinski definition) is 3. The van der Waals surface area contributed by atoms with Gasteiger partial charge in [-0.25, -0.2) is 4.79 Å². The van der Waals surface area contributed by atoms with E-state index < -0.39 is 17.4 Å². The van der Waals surface area contributed by atoms with Crippen LogP contribution < -0.4 is 5.32 Å². The Morgan fingerprint density at radius 3 is 2.37 bits per heavy atom. The maximum atomic E-state index is 12.2. The summed E-state index contributed by atoms with van der Waals surface area (Å²) in [5.41, 5.74) is 1.13. The number of amides is 1. The summed E-state index contributed by atoms with van der Waals surface area (Å²) in [6, 6.07) is 6.56. The molecule has 1 N–H and O–H groups in total. The van der Waals surface area contributed by atoms with E-state index in [4.69, 9.17) is 4.74 Å². The van der Waals surface area contributed by atoms with Crippen molar-refractivity contribution < 1.29 is 14.3 Å². The van der Waals surface area contributed by atoms with Crippen molar-refractivity contribution in [2.75, 3.05) is 7.11 Å². The molecule has 0 spiro atoms. The number of carbonyl (C=O) groups excluding carboxylic acids is 2. The first-order valence-corrected chi connectivity index (χ1v) is 6.21. The molecule has 104 valence electrons. The molecular weight excluding hydrogens is 242 g/mol. The second kappa shape index (κ2) is 5.87. The molecule has 0 saturated heterocycles. The van der Waals surface area contributed by atoms with Crippen LogP contribution in [0, 0.1) is 12.3 Å². The van der Waals surface area contributed by atoms with Crippen LogP contribution in [-0.2, 0) is 9.53 Å². The van der Waals surface area contributed by atoms with E-state index in [1.807, 2.05) is 39.8 Å². The molecule has 1 aromatic carbocycles. The number of nitrogens with one attached hydrogen (secondary N) is 1. The molecule has 0 heterocycles. The minimum atomic E-state index is -0.675. The Morgan fingerprint density at radius 2 is 1.89 bits per heavy atom. The second-order valence-corrected chi connectivity index (χ2v) is 5.67. The molecule has 1 amide bonds. The molecule has 1 aromatic rings. The lowest BCUT2D eigenvalue weighted by atomic mass is 9.86. The highest BCUT2D eigenvalue weighted by atomic mass is 16.5. The molecule has 0 fully saturated rings. The van der Waals surface area contributed by atoms with Gasteiger partial charge in [-0.15, -0.1) is 0 Å². The zero-order chi connectivity index (χ0) is 14.6. The average molecular weight is 263 g/mol. The van der Waals surface area contributed by atoms with Gasteiger partial charge in [0, 0.05) is 5.56 Å². The lowest BCUT2D eigenvalue weighted by molar-refractivity contribution is -0.145. The zero-order valence-electron chi connectivity index (χ0n) is 12.1. The molecule has 0 aliphatic rings. The molecule has 4 nitrogen and oxygen atoms in total. The third-order valence-corrected chi connectivity index (χ3v) is 2.86. The SMILES string of the molecule is COC(=O)[C@@H](NC(=O)c1cccc(C)c1)C(C)(C)C. The molecule has 0 aliphatic carbocycles. The Hall–Kier alpha value is -1.84. The summed E-state index contributed by atoms with van der Waals surface area (Å²) in [4.78, 5) is 23.9. The normalized spacial score (nSPS) is 12.7. The Balaban J connectivity index is 2.91. The highest BCUT2D eigenvalue weighted by molar-refractivity contribution is 5.97. The first-order chi connectivity index (χ1) is 8.75. The van der Waals surface area contributed by atoms with E-state index in [0.29, 0.717) is 5.56 Å². The molecule has 1 atom stereocenters. The fraction of sp³-hybridized carbons (Fsp3) is 0.467. The van der Waals surface area contributed by atoms with Crippen LogP contribution in [-0.4, -0.2) is 25.0 Å². The number of aryl methyl sites for hydroxylation is 1. The van der Waals surface area contributed by atoms with E-state index in [9.17, 15) is 9.59 Å². The predicted molar refractivity (Wildman–Crippen MR) is 73.9 cm³/mol. The number of methoxy groups -OCH3 is 1. The lowest BCUT2D eigenvalue weighted by Gasteiger charge is -2.29. The number of esters is 1. The lowest BCUT2D eigenvalue weighted by Crippen LogP contribution is -2.49. The van der Waals surface area contributed by atoms with Gasteiger partial charge in [-0.2, -0.15) is 0 Å². The summed E-state index contributed by atoms with van der Waals surface area (Å²) in [5, 5.41) is 2.74. The van der Waals surface area contributed by atoms with Gasteiger partial charge in [-0.1, -0.05) is 38.5 Å². The van der Waals surface area contributed by atoms with Gasteiger partial charge in [-0.3, -0.25) is 4.79 Å². The summed E-state index contributed by atoms with van der Waals surface area (Å²) in [5.74, 6) is -0.706. The first-order valence-electron chi connectivity index (χ1n) is 6.21. The summed E-state index contributed by atoms with van der Waals surface area (Å²) in [6.07, 6.45) is 0. The Morgan fingerprint density at radius 1 is 1.26 bits per heavy atom. The fourth-order valence-corrected chi connectivity index (χ4v) is 1.75. The van der Waals surface area contributed by atoms with Crippen molar-refractivity contribution in [1.29, 1.82) is 0 Å². The van der Waals surface area contributed by atoms with E-state index in [2.05, 4.69) is 5.32 Å². The maximum absolute atomic E-state index is 12.2. The average Bonchev–Trinajstić information content (AvgIpc) is 2.33. The molecule has 0 radical (unpaired) electrons. The van der Waals surface area contributed by atoms with Gasteiger partial charge in [-0.05, 0) is 24.5 Å². The highest BCUT2D eigenvalue weighted by Gasteiger charge is 2.33. The number of benzene rings is 1. The van der Waals surface area contributed by atoms with Gasteiger partial charge >= 0.3 is 5.97 Å². The molecule has 0 aromatic heterocycles. The van der Waals surface area contributed by atoms with Gasteiger partial charge in [0.2, 0.25) is 0 Å². The quantitative estimate of drug-likeness (QED) is 0.851. The van der Waals surface area contributed by atoms with Gasteiger partial charge in [0.1, 0.15) is 6.04 Å².